The lowest BCUT2D eigenvalue weighted by molar-refractivity contribution is 0.124. The third-order valence-electron chi connectivity index (χ3n) is 2.78. The van der Waals surface area contributed by atoms with Crippen LogP contribution in [-0.4, -0.2) is 49.6 Å². The Labute approximate surface area is 90.0 Å². The van der Waals surface area contributed by atoms with Gasteiger partial charge in [-0.2, -0.15) is 0 Å². The van der Waals surface area contributed by atoms with Crippen LogP contribution in [0, 0.1) is 5.92 Å². The fraction of sp³-hybridized carbons (Fsp3) is 0.889. The molecule has 5 nitrogen and oxygen atoms in total. The molecule has 1 saturated heterocycles. The summed E-state index contributed by atoms with van der Waals surface area (Å²) >= 11 is 0. The largest absolute Gasteiger partial charge is 0.465 e. The second kappa shape index (κ2) is 4.83. The van der Waals surface area contributed by atoms with Crippen LogP contribution in [0.1, 0.15) is 19.3 Å². The first-order chi connectivity index (χ1) is 6.88. The van der Waals surface area contributed by atoms with E-state index in [1.807, 2.05) is 0 Å². The van der Waals surface area contributed by atoms with Crippen LogP contribution < -0.4 is 0 Å². The van der Waals surface area contributed by atoms with Crippen molar-refractivity contribution in [2.45, 2.75) is 19.3 Å². The highest BCUT2D eigenvalue weighted by atomic mass is 32.2. The molecule has 1 aliphatic rings. The van der Waals surface area contributed by atoms with Gasteiger partial charge in [0.05, 0.1) is 5.75 Å². The standard InChI is InChI=1S/C9H17NO4S/c1-15(13,14)7-4-8-2-5-10(6-3-8)9(11)12/h8H,2-7H2,1H3,(H,11,12). The molecule has 1 N–H and O–H groups in total. The summed E-state index contributed by atoms with van der Waals surface area (Å²) in [6.45, 7) is 1.06. The van der Waals surface area contributed by atoms with Crippen molar-refractivity contribution >= 4 is 15.9 Å². The average molecular weight is 235 g/mol. The van der Waals surface area contributed by atoms with E-state index >= 15 is 0 Å². The molecule has 0 bridgehead atoms. The van der Waals surface area contributed by atoms with Crippen LogP contribution in [-0.2, 0) is 9.84 Å². The fourth-order valence-corrected chi connectivity index (χ4v) is 2.56. The Morgan fingerprint density at radius 3 is 2.33 bits per heavy atom. The van der Waals surface area contributed by atoms with Crippen LogP contribution in [0.2, 0.25) is 0 Å². The van der Waals surface area contributed by atoms with Gasteiger partial charge in [-0.25, -0.2) is 13.2 Å². The molecule has 15 heavy (non-hydrogen) atoms. The molecule has 0 unspecified atom stereocenters. The Bertz CT molecular complexity index is 317. The van der Waals surface area contributed by atoms with Crippen molar-refractivity contribution in [2.75, 3.05) is 25.1 Å². The predicted molar refractivity (Wildman–Crippen MR) is 56.6 cm³/mol. The van der Waals surface area contributed by atoms with E-state index < -0.39 is 15.9 Å². The van der Waals surface area contributed by atoms with E-state index in [2.05, 4.69) is 0 Å². The van der Waals surface area contributed by atoms with Crippen molar-refractivity contribution in [3.8, 4) is 0 Å². The number of carboxylic acid groups (broad SMARTS) is 1. The van der Waals surface area contributed by atoms with Crippen LogP contribution in [0.3, 0.4) is 0 Å². The number of sulfone groups is 1. The fourth-order valence-electron chi connectivity index (χ4n) is 1.79. The number of hydrogen-bond acceptors (Lipinski definition) is 3. The smallest absolute Gasteiger partial charge is 0.407 e. The monoisotopic (exact) mass is 235 g/mol. The average Bonchev–Trinajstić information content (AvgIpc) is 2.14. The molecule has 0 aromatic carbocycles. The normalized spacial score (nSPS) is 19.1. The van der Waals surface area contributed by atoms with Gasteiger partial charge in [0.2, 0.25) is 0 Å². The number of nitrogens with zero attached hydrogens (tertiary/aromatic N) is 1. The summed E-state index contributed by atoms with van der Waals surface area (Å²) in [6.07, 6.45) is 2.58. The van der Waals surface area contributed by atoms with E-state index in [1.54, 1.807) is 0 Å². The predicted octanol–water partition coefficient (Wildman–Crippen LogP) is 0.811. The minimum atomic E-state index is -2.88. The molecule has 1 rings (SSSR count). The van der Waals surface area contributed by atoms with Gasteiger partial charge in [-0.1, -0.05) is 0 Å². The minimum absolute atomic E-state index is 0.213. The Balaban J connectivity index is 2.29. The van der Waals surface area contributed by atoms with Crippen molar-refractivity contribution in [3.63, 3.8) is 0 Å². The van der Waals surface area contributed by atoms with Crippen LogP contribution in [0.15, 0.2) is 0 Å². The number of carbonyl (C=O) groups is 1. The molecule has 6 heteroatoms. The Morgan fingerprint density at radius 1 is 1.40 bits per heavy atom. The van der Waals surface area contributed by atoms with Crippen molar-refractivity contribution in [3.05, 3.63) is 0 Å². The van der Waals surface area contributed by atoms with Gasteiger partial charge in [-0.3, -0.25) is 0 Å². The minimum Gasteiger partial charge on any atom is -0.465 e. The van der Waals surface area contributed by atoms with Crippen molar-refractivity contribution in [1.29, 1.82) is 0 Å². The zero-order valence-electron chi connectivity index (χ0n) is 8.85. The van der Waals surface area contributed by atoms with Crippen molar-refractivity contribution in [1.82, 2.24) is 4.90 Å². The maximum atomic E-state index is 10.9. The number of amides is 1. The zero-order chi connectivity index (χ0) is 11.5. The molecule has 0 aromatic heterocycles. The van der Waals surface area contributed by atoms with E-state index in [1.165, 1.54) is 11.2 Å². The molecule has 0 aromatic rings. The summed E-state index contributed by atoms with van der Waals surface area (Å²) in [5, 5.41) is 8.71. The summed E-state index contributed by atoms with van der Waals surface area (Å²) < 4.78 is 21.9. The molecule has 1 amide bonds. The van der Waals surface area contributed by atoms with Gasteiger partial charge in [0.25, 0.3) is 0 Å². The molecular formula is C9H17NO4S. The van der Waals surface area contributed by atoms with Gasteiger partial charge >= 0.3 is 6.09 Å². The van der Waals surface area contributed by atoms with Gasteiger partial charge in [-0.15, -0.1) is 0 Å². The molecule has 1 heterocycles. The summed E-state index contributed by atoms with van der Waals surface area (Å²) in [5.41, 5.74) is 0. The summed E-state index contributed by atoms with van der Waals surface area (Å²) in [5.74, 6) is 0.570. The number of hydrogen-bond donors (Lipinski definition) is 1. The molecule has 0 aliphatic carbocycles. The van der Waals surface area contributed by atoms with Crippen LogP contribution in [0.5, 0.6) is 0 Å². The number of likely N-dealkylation sites (tertiary alicyclic amines) is 1. The Morgan fingerprint density at radius 2 is 1.93 bits per heavy atom. The topological polar surface area (TPSA) is 74.7 Å². The first-order valence-corrected chi connectivity index (χ1v) is 7.10. The molecular weight excluding hydrogens is 218 g/mol. The molecule has 0 saturated carbocycles. The highest BCUT2D eigenvalue weighted by Crippen LogP contribution is 2.20. The van der Waals surface area contributed by atoms with Gasteiger partial charge in [-0.05, 0) is 25.2 Å². The van der Waals surface area contributed by atoms with Gasteiger partial charge in [0.1, 0.15) is 9.84 Å². The first-order valence-electron chi connectivity index (χ1n) is 5.04. The van der Waals surface area contributed by atoms with E-state index in [-0.39, 0.29) is 5.75 Å². The Kier molecular flexibility index (Phi) is 3.96. The third kappa shape index (κ3) is 4.51. The third-order valence-corrected chi connectivity index (χ3v) is 3.76. The second-order valence-corrected chi connectivity index (χ2v) is 6.39. The highest BCUT2D eigenvalue weighted by molar-refractivity contribution is 7.90. The lowest BCUT2D eigenvalue weighted by Crippen LogP contribution is -2.37. The second-order valence-electron chi connectivity index (χ2n) is 4.13. The van der Waals surface area contributed by atoms with E-state index in [0.717, 1.165) is 12.8 Å². The molecule has 0 atom stereocenters. The van der Waals surface area contributed by atoms with Crippen molar-refractivity contribution < 1.29 is 18.3 Å². The quantitative estimate of drug-likeness (QED) is 0.785. The van der Waals surface area contributed by atoms with Crippen LogP contribution in [0.4, 0.5) is 4.79 Å². The molecule has 1 fully saturated rings. The lowest BCUT2D eigenvalue weighted by Gasteiger charge is -2.29. The van der Waals surface area contributed by atoms with Crippen molar-refractivity contribution in [2.24, 2.45) is 5.92 Å². The molecule has 88 valence electrons. The SMILES string of the molecule is CS(=O)(=O)CCC1CCN(C(=O)O)CC1. The summed E-state index contributed by atoms with van der Waals surface area (Å²) in [6, 6.07) is 0. The van der Waals surface area contributed by atoms with Crippen LogP contribution >= 0.6 is 0 Å². The first kappa shape index (κ1) is 12.3. The maximum Gasteiger partial charge on any atom is 0.407 e. The lowest BCUT2D eigenvalue weighted by atomic mass is 9.95. The molecule has 0 spiro atoms. The summed E-state index contributed by atoms with van der Waals surface area (Å²) in [7, 11) is -2.88. The van der Waals surface area contributed by atoms with E-state index in [4.69, 9.17) is 5.11 Å². The van der Waals surface area contributed by atoms with Crippen LogP contribution in [0.25, 0.3) is 0 Å². The Hall–Kier alpha value is -0.780. The van der Waals surface area contributed by atoms with Gasteiger partial charge < -0.3 is 10.0 Å². The van der Waals surface area contributed by atoms with E-state index in [0.29, 0.717) is 25.4 Å². The number of piperidine rings is 1. The number of rotatable bonds is 3. The van der Waals surface area contributed by atoms with Gasteiger partial charge in [0, 0.05) is 19.3 Å². The maximum absolute atomic E-state index is 10.9. The summed E-state index contributed by atoms with van der Waals surface area (Å²) in [4.78, 5) is 12.0. The zero-order valence-corrected chi connectivity index (χ0v) is 9.66. The highest BCUT2D eigenvalue weighted by Gasteiger charge is 2.22. The van der Waals surface area contributed by atoms with E-state index in [9.17, 15) is 13.2 Å². The molecule has 0 radical (unpaired) electrons. The molecule has 1 aliphatic heterocycles. The van der Waals surface area contributed by atoms with Gasteiger partial charge in [0.15, 0.2) is 0 Å².